The number of nitrogens with one attached hydrogen (secondary N) is 1. The largest absolute Gasteiger partial charge is 0.319 e. The van der Waals surface area contributed by atoms with E-state index in [0.717, 1.165) is 63.2 Å². The fraction of sp³-hybridized carbons (Fsp3) is 0.200. The van der Waals surface area contributed by atoms with Gasteiger partial charge in [-0.2, -0.15) is 0 Å². The van der Waals surface area contributed by atoms with Gasteiger partial charge in [-0.05, 0) is 83.7 Å². The average Bonchev–Trinajstić information content (AvgIpc) is 2.80. The minimum Gasteiger partial charge on any atom is -0.319 e. The SMILES string of the molecule is CSC1=NC(Cl)c2c(nc3c(c2-c2ccc(Cl)cc2)CCC/C3=C/c2ccc(Cl)cc2)N1. The summed E-state index contributed by atoms with van der Waals surface area (Å²) in [5.74, 6) is 0.775. The first kappa shape index (κ1) is 21.8. The summed E-state index contributed by atoms with van der Waals surface area (Å²) in [6.45, 7) is 0. The Labute approximate surface area is 206 Å². The van der Waals surface area contributed by atoms with Gasteiger partial charge in [0, 0.05) is 15.6 Å². The van der Waals surface area contributed by atoms with E-state index in [1.807, 2.05) is 54.8 Å². The number of hydrogen-bond acceptors (Lipinski definition) is 4. The van der Waals surface area contributed by atoms with Gasteiger partial charge in [0.1, 0.15) is 5.82 Å². The van der Waals surface area contributed by atoms with E-state index in [9.17, 15) is 0 Å². The van der Waals surface area contributed by atoms with Gasteiger partial charge in [0.25, 0.3) is 0 Å². The van der Waals surface area contributed by atoms with Crippen LogP contribution in [0.5, 0.6) is 0 Å². The molecule has 5 rings (SSSR count). The van der Waals surface area contributed by atoms with E-state index < -0.39 is 5.50 Å². The number of pyridine rings is 1. The Morgan fingerprint density at radius 2 is 1.69 bits per heavy atom. The monoisotopic (exact) mass is 499 g/mol. The maximum Gasteiger partial charge on any atom is 0.163 e. The zero-order valence-corrected chi connectivity index (χ0v) is 20.4. The number of aliphatic imine (C=N–C) groups is 1. The topological polar surface area (TPSA) is 37.3 Å². The third-order valence-corrected chi connectivity index (χ3v) is 7.16. The van der Waals surface area contributed by atoms with E-state index >= 15 is 0 Å². The molecule has 0 fully saturated rings. The van der Waals surface area contributed by atoms with E-state index in [4.69, 9.17) is 39.8 Å². The highest BCUT2D eigenvalue weighted by Gasteiger charge is 2.31. The van der Waals surface area contributed by atoms with Crippen molar-refractivity contribution in [2.75, 3.05) is 11.6 Å². The second kappa shape index (κ2) is 9.11. The molecule has 1 N–H and O–H groups in total. The van der Waals surface area contributed by atoms with Crippen LogP contribution in [0.15, 0.2) is 53.5 Å². The zero-order valence-electron chi connectivity index (χ0n) is 17.3. The molecule has 0 saturated heterocycles. The van der Waals surface area contributed by atoms with Gasteiger partial charge in [0.15, 0.2) is 10.7 Å². The van der Waals surface area contributed by atoms with E-state index in [1.54, 1.807) is 0 Å². The summed E-state index contributed by atoms with van der Waals surface area (Å²) in [6, 6.07) is 15.8. The van der Waals surface area contributed by atoms with E-state index in [2.05, 4.69) is 16.4 Å². The predicted molar refractivity (Wildman–Crippen MR) is 140 cm³/mol. The molecule has 3 nitrogen and oxygen atoms in total. The maximum absolute atomic E-state index is 6.80. The molecule has 0 radical (unpaired) electrons. The molecule has 2 aliphatic rings. The number of hydrogen-bond donors (Lipinski definition) is 1. The van der Waals surface area contributed by atoms with Gasteiger partial charge in [0.05, 0.1) is 5.69 Å². The second-order valence-corrected chi connectivity index (χ2v) is 9.84. The molecule has 0 spiro atoms. The van der Waals surface area contributed by atoms with Crippen molar-refractivity contribution in [3.8, 4) is 11.1 Å². The summed E-state index contributed by atoms with van der Waals surface area (Å²) >= 11 is 20.6. The first-order valence-electron chi connectivity index (χ1n) is 10.4. The lowest BCUT2D eigenvalue weighted by Gasteiger charge is -2.29. The molecule has 1 aliphatic heterocycles. The van der Waals surface area contributed by atoms with Crippen LogP contribution in [0.4, 0.5) is 5.82 Å². The van der Waals surface area contributed by atoms with Crippen molar-refractivity contribution >= 4 is 69.2 Å². The van der Waals surface area contributed by atoms with Crippen molar-refractivity contribution in [3.05, 3.63) is 81.0 Å². The number of rotatable bonds is 2. The Morgan fingerprint density at radius 1 is 1.00 bits per heavy atom. The van der Waals surface area contributed by atoms with Crippen LogP contribution in [0.2, 0.25) is 10.0 Å². The van der Waals surface area contributed by atoms with Gasteiger partial charge in [0.2, 0.25) is 0 Å². The standard InChI is InChI=1S/C25H20Cl3N3S/c1-32-25-30-23(28)21-20(15-7-11-18(27)12-8-15)19-4-2-3-16(22(19)29-24(21)31-25)13-14-5-9-17(26)10-6-14/h5-13,23H,2-4H2,1H3,(H,29,30,31)/b16-13-. The molecule has 0 amide bonds. The van der Waals surface area contributed by atoms with Crippen molar-refractivity contribution in [2.45, 2.75) is 24.8 Å². The normalized spacial score (nSPS) is 18.6. The number of nitrogens with zero attached hydrogens (tertiary/aromatic N) is 2. The van der Waals surface area contributed by atoms with Crippen LogP contribution in [0.25, 0.3) is 22.8 Å². The lowest BCUT2D eigenvalue weighted by Crippen LogP contribution is -2.21. The summed E-state index contributed by atoms with van der Waals surface area (Å²) in [7, 11) is 0. The molecule has 1 aliphatic carbocycles. The molecule has 1 aromatic heterocycles. The van der Waals surface area contributed by atoms with E-state index in [-0.39, 0.29) is 0 Å². The summed E-state index contributed by atoms with van der Waals surface area (Å²) in [6.07, 6.45) is 7.14. The Bertz CT molecular complexity index is 1230. The van der Waals surface area contributed by atoms with E-state index in [1.165, 1.54) is 22.9 Å². The Balaban J connectivity index is 1.74. The summed E-state index contributed by atoms with van der Waals surface area (Å²) in [4.78, 5) is 9.72. The number of halogens is 3. The zero-order chi connectivity index (χ0) is 22.2. The van der Waals surface area contributed by atoms with Crippen LogP contribution >= 0.6 is 46.6 Å². The number of amidine groups is 1. The minimum atomic E-state index is -0.497. The molecule has 2 heterocycles. The Kier molecular flexibility index (Phi) is 6.22. The van der Waals surface area contributed by atoms with Crippen LogP contribution in [0.1, 0.15) is 40.7 Å². The highest BCUT2D eigenvalue weighted by molar-refractivity contribution is 8.13. The fourth-order valence-corrected chi connectivity index (χ4v) is 5.33. The summed E-state index contributed by atoms with van der Waals surface area (Å²) in [5, 5.41) is 5.59. The van der Waals surface area contributed by atoms with Crippen LogP contribution in [0, 0.1) is 0 Å². The molecule has 2 aromatic carbocycles. The lowest BCUT2D eigenvalue weighted by atomic mass is 9.83. The lowest BCUT2D eigenvalue weighted by molar-refractivity contribution is 0.807. The smallest absolute Gasteiger partial charge is 0.163 e. The first-order chi connectivity index (χ1) is 15.5. The molecular formula is C25H20Cl3N3S. The third-order valence-electron chi connectivity index (χ3n) is 5.74. The highest BCUT2D eigenvalue weighted by atomic mass is 35.5. The number of alkyl halides is 1. The Hall–Kier alpha value is -1.98. The number of anilines is 1. The van der Waals surface area contributed by atoms with Gasteiger partial charge >= 0.3 is 0 Å². The summed E-state index contributed by atoms with van der Waals surface area (Å²) in [5.41, 5.74) is 7.18. The van der Waals surface area contributed by atoms with Crippen LogP contribution in [-0.2, 0) is 6.42 Å². The number of benzene rings is 2. The molecular weight excluding hydrogens is 481 g/mol. The van der Waals surface area contributed by atoms with E-state index in [0.29, 0.717) is 5.02 Å². The average molecular weight is 501 g/mol. The molecule has 3 aromatic rings. The molecule has 0 saturated carbocycles. The van der Waals surface area contributed by atoms with Crippen molar-refractivity contribution in [3.63, 3.8) is 0 Å². The number of aromatic nitrogens is 1. The quantitative estimate of drug-likeness (QED) is 0.284. The van der Waals surface area contributed by atoms with Gasteiger partial charge < -0.3 is 5.32 Å². The van der Waals surface area contributed by atoms with Crippen molar-refractivity contribution in [1.29, 1.82) is 0 Å². The van der Waals surface area contributed by atoms with Crippen LogP contribution in [0.3, 0.4) is 0 Å². The molecule has 32 heavy (non-hydrogen) atoms. The number of fused-ring (bicyclic) bond motifs is 2. The third kappa shape index (κ3) is 4.17. The molecule has 0 bridgehead atoms. The van der Waals surface area contributed by atoms with Crippen LogP contribution < -0.4 is 5.32 Å². The van der Waals surface area contributed by atoms with Crippen molar-refractivity contribution in [2.24, 2.45) is 4.99 Å². The maximum atomic E-state index is 6.80. The number of thioether (sulfide) groups is 1. The second-order valence-electron chi connectivity index (χ2n) is 7.76. The van der Waals surface area contributed by atoms with Crippen molar-refractivity contribution in [1.82, 2.24) is 4.98 Å². The minimum absolute atomic E-state index is 0.497. The molecule has 1 unspecified atom stereocenters. The molecule has 7 heteroatoms. The molecule has 162 valence electrons. The van der Waals surface area contributed by atoms with Gasteiger partial charge in [-0.15, -0.1) is 0 Å². The van der Waals surface area contributed by atoms with Gasteiger partial charge in [-0.1, -0.05) is 70.8 Å². The fourth-order valence-electron chi connectivity index (χ4n) is 4.30. The predicted octanol–water partition coefficient (Wildman–Crippen LogP) is 8.31. The highest BCUT2D eigenvalue weighted by Crippen LogP contribution is 2.46. The summed E-state index contributed by atoms with van der Waals surface area (Å²) < 4.78 is 0. The first-order valence-corrected chi connectivity index (χ1v) is 12.8. The van der Waals surface area contributed by atoms with Gasteiger partial charge in [-0.3, -0.25) is 0 Å². The van der Waals surface area contributed by atoms with Crippen molar-refractivity contribution < 1.29 is 0 Å². The van der Waals surface area contributed by atoms with Gasteiger partial charge in [-0.25, -0.2) is 9.98 Å². The van der Waals surface area contributed by atoms with Crippen LogP contribution in [-0.4, -0.2) is 16.4 Å². The number of allylic oxidation sites excluding steroid dienone is 1. The Morgan fingerprint density at radius 3 is 2.38 bits per heavy atom. The molecule has 1 atom stereocenters.